The molecule has 0 unspecified atom stereocenters. The molecule has 0 N–H and O–H groups in total. The summed E-state index contributed by atoms with van der Waals surface area (Å²) in [6.45, 7) is 1.49. The summed E-state index contributed by atoms with van der Waals surface area (Å²) in [5, 5.41) is 1.05. The fraction of sp³-hybridized carbons (Fsp3) is 0.318. The largest absolute Gasteiger partial charge is 0.497 e. The monoisotopic (exact) mass is 377 g/mol. The summed E-state index contributed by atoms with van der Waals surface area (Å²) in [4.78, 5) is 23.4. The number of rotatable bonds is 5. The average molecular weight is 377 g/mol. The number of nitrogens with zero attached hydrogens (tertiary/aromatic N) is 3. The molecular formula is C22H23N3O3. The van der Waals surface area contributed by atoms with Gasteiger partial charge in [0, 0.05) is 36.3 Å². The Morgan fingerprint density at radius 2 is 1.82 bits per heavy atom. The molecule has 2 aromatic heterocycles. The van der Waals surface area contributed by atoms with E-state index in [1.54, 1.807) is 25.4 Å². The molecule has 1 fully saturated rings. The quantitative estimate of drug-likeness (QED) is 0.682. The normalized spacial score (nSPS) is 14.8. The van der Waals surface area contributed by atoms with Crippen molar-refractivity contribution in [3.63, 3.8) is 0 Å². The molecule has 4 rings (SSSR count). The number of methoxy groups -OCH3 is 1. The Morgan fingerprint density at radius 3 is 2.57 bits per heavy atom. The Morgan fingerprint density at radius 1 is 1.07 bits per heavy atom. The topological polar surface area (TPSA) is 64.6 Å². The van der Waals surface area contributed by atoms with E-state index in [1.807, 2.05) is 29.2 Å². The molecule has 1 aliphatic heterocycles. The van der Waals surface area contributed by atoms with Crippen LogP contribution < -0.4 is 9.47 Å². The number of ether oxygens (including phenoxy) is 2. The van der Waals surface area contributed by atoms with Crippen LogP contribution >= 0.6 is 0 Å². The molecule has 0 spiro atoms. The molecule has 6 nitrogen and oxygen atoms in total. The summed E-state index contributed by atoms with van der Waals surface area (Å²) in [6, 6.07) is 15.3. The fourth-order valence-electron chi connectivity index (χ4n) is 3.53. The van der Waals surface area contributed by atoms with Crippen molar-refractivity contribution >= 4 is 16.9 Å². The standard InChI is InChI=1S/C22H23N3O3/c1-27-18-5-7-19(8-6-18)28-15-21(26)25-13-10-16(11-14-25)20-9-4-17-3-2-12-23-22(17)24-20/h2-9,12,16H,10-11,13-15H2,1H3. The molecule has 1 aliphatic rings. The predicted octanol–water partition coefficient (Wildman–Crippen LogP) is 3.42. The van der Waals surface area contributed by atoms with Gasteiger partial charge in [0.1, 0.15) is 11.5 Å². The van der Waals surface area contributed by atoms with Gasteiger partial charge in [-0.3, -0.25) is 4.79 Å². The van der Waals surface area contributed by atoms with Crippen LogP contribution in [-0.4, -0.2) is 47.6 Å². The van der Waals surface area contributed by atoms with E-state index in [1.165, 1.54) is 0 Å². The van der Waals surface area contributed by atoms with Crippen molar-refractivity contribution in [1.29, 1.82) is 0 Å². The van der Waals surface area contributed by atoms with Crippen molar-refractivity contribution in [2.24, 2.45) is 0 Å². The molecule has 1 amide bonds. The number of hydrogen-bond donors (Lipinski definition) is 0. The molecular weight excluding hydrogens is 354 g/mol. The minimum Gasteiger partial charge on any atom is -0.497 e. The Bertz CT molecular complexity index is 951. The van der Waals surface area contributed by atoms with Crippen molar-refractivity contribution < 1.29 is 14.3 Å². The molecule has 1 aromatic carbocycles. The molecule has 28 heavy (non-hydrogen) atoms. The highest BCUT2D eigenvalue weighted by Gasteiger charge is 2.25. The van der Waals surface area contributed by atoms with Gasteiger partial charge in [-0.25, -0.2) is 9.97 Å². The number of benzene rings is 1. The summed E-state index contributed by atoms with van der Waals surface area (Å²) in [6.07, 6.45) is 3.57. The molecule has 0 atom stereocenters. The highest BCUT2D eigenvalue weighted by Crippen LogP contribution is 2.28. The minimum absolute atomic E-state index is 0.0161. The number of carbonyl (C=O) groups excluding carboxylic acids is 1. The maximum absolute atomic E-state index is 12.5. The summed E-state index contributed by atoms with van der Waals surface area (Å²) in [7, 11) is 1.62. The zero-order valence-corrected chi connectivity index (χ0v) is 15.9. The molecule has 0 saturated carbocycles. The summed E-state index contributed by atoms with van der Waals surface area (Å²) >= 11 is 0. The summed E-state index contributed by atoms with van der Waals surface area (Å²) < 4.78 is 10.7. The van der Waals surface area contributed by atoms with Crippen LogP contribution in [0.2, 0.25) is 0 Å². The van der Waals surface area contributed by atoms with Gasteiger partial charge in [0.05, 0.1) is 7.11 Å². The van der Waals surface area contributed by atoms with Crippen LogP contribution in [0.3, 0.4) is 0 Å². The molecule has 0 radical (unpaired) electrons. The lowest BCUT2D eigenvalue weighted by atomic mass is 9.93. The van der Waals surface area contributed by atoms with Gasteiger partial charge in [-0.15, -0.1) is 0 Å². The van der Waals surface area contributed by atoms with Crippen molar-refractivity contribution in [3.05, 3.63) is 60.4 Å². The number of aromatic nitrogens is 2. The Balaban J connectivity index is 1.30. The van der Waals surface area contributed by atoms with Gasteiger partial charge in [0.2, 0.25) is 0 Å². The lowest BCUT2D eigenvalue weighted by molar-refractivity contribution is -0.134. The lowest BCUT2D eigenvalue weighted by Crippen LogP contribution is -2.40. The first-order valence-corrected chi connectivity index (χ1v) is 9.49. The maximum atomic E-state index is 12.5. The van der Waals surface area contributed by atoms with Gasteiger partial charge in [-0.1, -0.05) is 0 Å². The van der Waals surface area contributed by atoms with Crippen LogP contribution in [0.4, 0.5) is 0 Å². The van der Waals surface area contributed by atoms with Gasteiger partial charge >= 0.3 is 0 Å². The third-order valence-electron chi connectivity index (χ3n) is 5.17. The highest BCUT2D eigenvalue weighted by molar-refractivity contribution is 5.78. The van der Waals surface area contributed by atoms with Crippen molar-refractivity contribution in [1.82, 2.24) is 14.9 Å². The van der Waals surface area contributed by atoms with E-state index in [9.17, 15) is 4.79 Å². The van der Waals surface area contributed by atoms with E-state index >= 15 is 0 Å². The van der Waals surface area contributed by atoms with Gasteiger partial charge in [-0.2, -0.15) is 0 Å². The predicted molar refractivity (Wildman–Crippen MR) is 107 cm³/mol. The zero-order valence-electron chi connectivity index (χ0n) is 15.9. The number of pyridine rings is 2. The van der Waals surface area contributed by atoms with Crippen LogP contribution in [0.15, 0.2) is 54.7 Å². The second-order valence-corrected chi connectivity index (χ2v) is 6.91. The number of carbonyl (C=O) groups is 1. The third kappa shape index (κ3) is 4.06. The first-order chi connectivity index (χ1) is 13.7. The fourth-order valence-corrected chi connectivity index (χ4v) is 3.53. The van der Waals surface area contributed by atoms with Crippen molar-refractivity contribution in [3.8, 4) is 11.5 Å². The van der Waals surface area contributed by atoms with Crippen LogP contribution in [0.25, 0.3) is 11.0 Å². The number of hydrogen-bond acceptors (Lipinski definition) is 5. The Kier molecular flexibility index (Phi) is 5.37. The summed E-state index contributed by atoms with van der Waals surface area (Å²) in [5.41, 5.74) is 1.85. The number of likely N-dealkylation sites (tertiary alicyclic amines) is 1. The smallest absolute Gasteiger partial charge is 0.260 e. The zero-order chi connectivity index (χ0) is 19.3. The first-order valence-electron chi connectivity index (χ1n) is 9.49. The van der Waals surface area contributed by atoms with E-state index in [4.69, 9.17) is 14.5 Å². The molecule has 3 aromatic rings. The molecule has 144 valence electrons. The van der Waals surface area contributed by atoms with Crippen LogP contribution in [0, 0.1) is 0 Å². The molecule has 0 aliphatic carbocycles. The van der Waals surface area contributed by atoms with E-state index in [0.717, 1.165) is 48.4 Å². The van der Waals surface area contributed by atoms with E-state index < -0.39 is 0 Å². The van der Waals surface area contributed by atoms with E-state index in [-0.39, 0.29) is 12.5 Å². The van der Waals surface area contributed by atoms with Crippen LogP contribution in [0.1, 0.15) is 24.5 Å². The average Bonchev–Trinajstić information content (AvgIpc) is 2.77. The third-order valence-corrected chi connectivity index (χ3v) is 5.17. The minimum atomic E-state index is 0.0161. The maximum Gasteiger partial charge on any atom is 0.260 e. The highest BCUT2D eigenvalue weighted by atomic mass is 16.5. The number of fused-ring (bicyclic) bond motifs is 1. The van der Waals surface area contributed by atoms with Crippen molar-refractivity contribution in [2.75, 3.05) is 26.8 Å². The second-order valence-electron chi connectivity index (χ2n) is 6.91. The SMILES string of the molecule is COc1ccc(OCC(=O)N2CCC(c3ccc4cccnc4n3)CC2)cc1. The van der Waals surface area contributed by atoms with E-state index in [0.29, 0.717) is 11.7 Å². The molecule has 0 bridgehead atoms. The molecule has 3 heterocycles. The molecule has 6 heteroatoms. The Hall–Kier alpha value is -3.15. The van der Waals surface area contributed by atoms with Crippen LogP contribution in [-0.2, 0) is 4.79 Å². The number of amides is 1. The van der Waals surface area contributed by atoms with Crippen molar-refractivity contribution in [2.45, 2.75) is 18.8 Å². The summed E-state index contributed by atoms with van der Waals surface area (Å²) in [5.74, 6) is 1.80. The second kappa shape index (κ2) is 8.25. The number of piperidine rings is 1. The van der Waals surface area contributed by atoms with Gasteiger partial charge in [-0.05, 0) is 61.4 Å². The lowest BCUT2D eigenvalue weighted by Gasteiger charge is -2.31. The first kappa shape index (κ1) is 18.2. The van der Waals surface area contributed by atoms with Gasteiger partial charge in [0.15, 0.2) is 12.3 Å². The molecule has 1 saturated heterocycles. The van der Waals surface area contributed by atoms with Gasteiger partial charge < -0.3 is 14.4 Å². The van der Waals surface area contributed by atoms with E-state index in [2.05, 4.69) is 17.1 Å². The van der Waals surface area contributed by atoms with Crippen LogP contribution in [0.5, 0.6) is 11.5 Å². The Labute approximate surface area is 164 Å². The van der Waals surface area contributed by atoms with Gasteiger partial charge in [0.25, 0.3) is 5.91 Å².